The summed E-state index contributed by atoms with van der Waals surface area (Å²) in [5, 5.41) is 0. The lowest BCUT2D eigenvalue weighted by Crippen LogP contribution is -2.74. The maximum absolute atomic E-state index is 6.02. The average Bonchev–Trinajstić information content (AvgIpc) is 2.87. The van der Waals surface area contributed by atoms with E-state index in [2.05, 4.69) is 76.8 Å². The summed E-state index contributed by atoms with van der Waals surface area (Å²) in [6, 6.07) is 0. The summed E-state index contributed by atoms with van der Waals surface area (Å²) in [7, 11) is 3.46. The van der Waals surface area contributed by atoms with Gasteiger partial charge in [0.1, 0.15) is 0 Å². The van der Waals surface area contributed by atoms with E-state index in [0.29, 0.717) is 13.2 Å². The van der Waals surface area contributed by atoms with E-state index >= 15 is 0 Å². The molecule has 0 saturated carbocycles. The lowest BCUT2D eigenvalue weighted by atomic mass is 9.68. The topological polar surface area (TPSA) is 28.2 Å². The van der Waals surface area contributed by atoms with Gasteiger partial charge >= 0.3 is 7.12 Å². The van der Waals surface area contributed by atoms with E-state index in [1.54, 1.807) is 0 Å². The Morgan fingerprint density at radius 1 is 0.958 bits per heavy atom. The zero-order valence-electron chi connectivity index (χ0n) is 17.2. The summed E-state index contributed by atoms with van der Waals surface area (Å²) in [5.41, 5.74) is 0.221. The third-order valence-corrected chi connectivity index (χ3v) is 7.11. The molecule has 2 aliphatic rings. The van der Waals surface area contributed by atoms with E-state index in [9.17, 15) is 0 Å². The maximum atomic E-state index is 6.02. The van der Waals surface area contributed by atoms with Gasteiger partial charge in [0.25, 0.3) is 0 Å². The third-order valence-electron chi connectivity index (χ3n) is 5.14. The molecule has 0 aromatic carbocycles. The van der Waals surface area contributed by atoms with Crippen LogP contribution in [0.5, 0.6) is 0 Å². The lowest BCUT2D eigenvalue weighted by Gasteiger charge is -2.59. The summed E-state index contributed by atoms with van der Waals surface area (Å²) < 4.78 is 14.5. The van der Waals surface area contributed by atoms with Gasteiger partial charge in [-0.1, -0.05) is 0 Å². The fourth-order valence-electron chi connectivity index (χ4n) is 4.27. The van der Waals surface area contributed by atoms with Crippen LogP contribution in [0.2, 0.25) is 0 Å². The van der Waals surface area contributed by atoms with Gasteiger partial charge in [0.15, 0.2) is 0 Å². The second-order valence-electron chi connectivity index (χ2n) is 9.58. The van der Waals surface area contributed by atoms with Gasteiger partial charge in [0.05, 0.1) is 13.2 Å². The molecule has 0 aromatic rings. The Hall–Kier alpha value is 0.295. The normalized spacial score (nSPS) is 25.6. The Labute approximate surface area is 151 Å². The molecule has 2 aliphatic heterocycles. The molecule has 5 nitrogen and oxygen atoms in total. The van der Waals surface area contributed by atoms with Crippen LogP contribution in [0.15, 0.2) is 0 Å². The average molecular weight is 357 g/mol. The van der Waals surface area contributed by atoms with Crippen molar-refractivity contribution in [3.63, 3.8) is 0 Å². The second-order valence-corrected chi connectivity index (χ2v) is 11.0. The van der Waals surface area contributed by atoms with Gasteiger partial charge in [0.2, 0.25) is 8.53 Å². The van der Waals surface area contributed by atoms with Crippen LogP contribution in [-0.2, 0) is 9.05 Å². The Morgan fingerprint density at radius 2 is 1.42 bits per heavy atom. The highest BCUT2D eigenvalue weighted by Gasteiger charge is 2.55. The van der Waals surface area contributed by atoms with Gasteiger partial charge in [-0.25, -0.2) is 4.58 Å². The fraction of sp³-hybridized carbons (Fsp3) is 1.00. The summed E-state index contributed by atoms with van der Waals surface area (Å²) in [6.07, 6.45) is 3.73. The van der Waals surface area contributed by atoms with Crippen molar-refractivity contribution in [3.05, 3.63) is 0 Å². The van der Waals surface area contributed by atoms with E-state index in [4.69, 9.17) is 9.05 Å². The fourth-order valence-corrected chi connectivity index (χ4v) is 6.02. The van der Waals surface area contributed by atoms with Gasteiger partial charge in [-0.05, 0) is 81.8 Å². The van der Waals surface area contributed by atoms with Gasteiger partial charge in [0, 0.05) is 16.6 Å². The van der Waals surface area contributed by atoms with Crippen molar-refractivity contribution in [1.29, 1.82) is 0 Å². The van der Waals surface area contributed by atoms with Crippen molar-refractivity contribution in [2.45, 2.75) is 84.3 Å². The molecule has 0 amide bonds. The van der Waals surface area contributed by atoms with Crippen LogP contribution in [0.1, 0.15) is 67.7 Å². The van der Waals surface area contributed by atoms with Crippen LogP contribution in [-0.4, -0.2) is 65.2 Å². The Balaban J connectivity index is 2.48. The van der Waals surface area contributed by atoms with Gasteiger partial charge in [-0.3, -0.25) is 0 Å². The van der Waals surface area contributed by atoms with E-state index in [1.807, 2.05) is 0 Å². The van der Waals surface area contributed by atoms with Crippen LogP contribution >= 0.6 is 8.53 Å². The van der Waals surface area contributed by atoms with Crippen LogP contribution in [0.4, 0.5) is 0 Å². The molecule has 0 N–H and O–H groups in total. The first-order valence-corrected chi connectivity index (χ1v) is 10.3. The molecule has 0 radical (unpaired) electrons. The van der Waals surface area contributed by atoms with E-state index in [1.165, 1.54) is 19.3 Å². The predicted octanol–water partition coefficient (Wildman–Crippen LogP) is 3.95. The van der Waals surface area contributed by atoms with E-state index in [-0.39, 0.29) is 23.7 Å². The summed E-state index contributed by atoms with van der Waals surface area (Å²) in [6.45, 7) is 17.7. The molecule has 0 spiro atoms. The highest BCUT2D eigenvalue weighted by molar-refractivity contribution is 7.46. The minimum absolute atomic E-state index is 0.0470. The second kappa shape index (κ2) is 7.13. The number of nitrogens with zero attached hydrogens (tertiary/aromatic N) is 3. The van der Waals surface area contributed by atoms with Crippen LogP contribution in [0.3, 0.4) is 0 Å². The molecule has 7 heteroatoms. The minimum atomic E-state index is -1.03. The highest BCUT2D eigenvalue weighted by Crippen LogP contribution is 2.53. The first-order chi connectivity index (χ1) is 10.9. The number of hydrogen-bond donors (Lipinski definition) is 0. The standard InChI is InChI=1S/C17H37BN3O2P/c1-15(2,3)21(24-22-13-14-23-24)18(19(8)9)20-16(4,5)11-10-12-17(20,6)7/h10-14H2,1-9H3. The summed E-state index contributed by atoms with van der Waals surface area (Å²) in [5.74, 6) is 0. The number of rotatable bonds is 4. The molecular formula is C17H37BN3O2P. The predicted molar refractivity (Wildman–Crippen MR) is 104 cm³/mol. The molecule has 2 fully saturated rings. The Morgan fingerprint density at radius 3 is 1.79 bits per heavy atom. The lowest BCUT2D eigenvalue weighted by molar-refractivity contribution is 0.0289. The van der Waals surface area contributed by atoms with Gasteiger partial charge in [-0.15, -0.1) is 0 Å². The minimum Gasteiger partial charge on any atom is -0.320 e. The largest absolute Gasteiger partial charge is 0.411 e. The van der Waals surface area contributed by atoms with Crippen molar-refractivity contribution >= 4 is 15.6 Å². The Bertz CT molecular complexity index is 418. The number of hydrogen-bond acceptors (Lipinski definition) is 5. The zero-order valence-corrected chi connectivity index (χ0v) is 18.1. The highest BCUT2D eigenvalue weighted by atomic mass is 31.2. The molecule has 0 aliphatic carbocycles. The summed E-state index contributed by atoms with van der Waals surface area (Å²) >= 11 is 0. The molecule has 2 saturated heterocycles. The maximum Gasteiger partial charge on any atom is 0.411 e. The smallest absolute Gasteiger partial charge is 0.320 e. The van der Waals surface area contributed by atoms with E-state index in [0.717, 1.165) is 0 Å². The summed E-state index contributed by atoms with van der Waals surface area (Å²) in [4.78, 5) is 5.02. The van der Waals surface area contributed by atoms with Crippen LogP contribution in [0.25, 0.3) is 0 Å². The van der Waals surface area contributed by atoms with Crippen molar-refractivity contribution in [2.75, 3.05) is 27.3 Å². The van der Waals surface area contributed by atoms with Gasteiger partial charge < -0.3 is 18.7 Å². The molecule has 2 heterocycles. The molecule has 0 unspecified atom stereocenters. The van der Waals surface area contributed by atoms with Crippen LogP contribution < -0.4 is 0 Å². The van der Waals surface area contributed by atoms with Crippen molar-refractivity contribution < 1.29 is 9.05 Å². The molecule has 140 valence electrons. The molecule has 0 atom stereocenters. The quantitative estimate of drug-likeness (QED) is 0.561. The molecule has 0 bridgehead atoms. The first kappa shape index (κ1) is 20.6. The number of piperidine rings is 1. The first-order valence-electron chi connectivity index (χ1n) is 9.19. The third kappa shape index (κ3) is 4.16. The zero-order chi connectivity index (χ0) is 18.3. The monoisotopic (exact) mass is 357 g/mol. The molecular weight excluding hydrogens is 320 g/mol. The van der Waals surface area contributed by atoms with E-state index < -0.39 is 8.53 Å². The SMILES string of the molecule is CN(C)B(N(P1OCCO1)C(C)(C)C)N1C(C)(C)CCCC1(C)C. The molecule has 24 heavy (non-hydrogen) atoms. The molecule has 0 aromatic heterocycles. The van der Waals surface area contributed by atoms with Crippen molar-refractivity contribution in [2.24, 2.45) is 0 Å². The van der Waals surface area contributed by atoms with Crippen LogP contribution in [0, 0.1) is 0 Å². The Kier molecular flexibility index (Phi) is 6.12. The van der Waals surface area contributed by atoms with Crippen molar-refractivity contribution in [1.82, 2.24) is 14.2 Å². The van der Waals surface area contributed by atoms with Crippen molar-refractivity contribution in [3.8, 4) is 0 Å². The molecule has 2 rings (SSSR count). The van der Waals surface area contributed by atoms with Gasteiger partial charge in [-0.2, -0.15) is 0 Å².